The lowest BCUT2D eigenvalue weighted by Gasteiger charge is -2.43. The molecule has 33 heavy (non-hydrogen) atoms. The van der Waals surface area contributed by atoms with Gasteiger partial charge in [-0.25, -0.2) is 4.99 Å². The van der Waals surface area contributed by atoms with E-state index in [1.54, 1.807) is 0 Å². The molecule has 3 N–H and O–H groups in total. The molecule has 178 valence electrons. The maximum atomic E-state index is 13.0. The highest BCUT2D eigenvalue weighted by Crippen LogP contribution is 2.39. The summed E-state index contributed by atoms with van der Waals surface area (Å²) in [5, 5.41) is 2.79. The molecule has 1 aromatic rings. The van der Waals surface area contributed by atoms with Gasteiger partial charge >= 0.3 is 6.18 Å². The maximum Gasteiger partial charge on any atom is 0.430 e. The van der Waals surface area contributed by atoms with Crippen molar-refractivity contribution < 1.29 is 13.2 Å². The third-order valence-corrected chi connectivity index (χ3v) is 7.49. The zero-order valence-electron chi connectivity index (χ0n) is 18.5. The number of thioether (sulfide) groups is 1. The molecule has 9 heteroatoms. The number of benzene rings is 1. The number of hydrogen-bond donors (Lipinski definition) is 2. The van der Waals surface area contributed by atoms with Gasteiger partial charge in [0.1, 0.15) is 11.5 Å². The summed E-state index contributed by atoms with van der Waals surface area (Å²) >= 11 is 1.82. The van der Waals surface area contributed by atoms with Crippen molar-refractivity contribution in [1.82, 2.24) is 15.1 Å². The van der Waals surface area contributed by atoms with Crippen molar-refractivity contribution in [3.05, 3.63) is 66.0 Å². The molecule has 0 aromatic heterocycles. The molecule has 5 nitrogen and oxygen atoms in total. The molecule has 2 atom stereocenters. The number of nitrogens with zero attached hydrogens (tertiary/aromatic N) is 3. The SMILES string of the molecule is C=C(NCC1CN(C2=NC3=CC=CCC3Sc3ccccc32)CCN1CCCN)C(F)(F)F. The van der Waals surface area contributed by atoms with Gasteiger partial charge in [-0.15, -0.1) is 11.8 Å². The fourth-order valence-corrected chi connectivity index (χ4v) is 5.56. The standard InChI is InChI=1S/C24H30F3N5S/c1-17(24(25,26)27)29-15-18-16-32(14-13-31(18)12-6-11-28)23-19-7-2-4-9-21(19)33-22-10-5-3-8-20(22)30-23/h2-5,7-9,18,22,29H,1,6,10-16,28H2. The van der Waals surface area contributed by atoms with Gasteiger partial charge in [0.15, 0.2) is 0 Å². The number of fused-ring (bicyclic) bond motifs is 2. The number of rotatable bonds is 6. The van der Waals surface area contributed by atoms with Crippen molar-refractivity contribution in [2.45, 2.75) is 35.2 Å². The molecule has 2 unspecified atom stereocenters. The van der Waals surface area contributed by atoms with Gasteiger partial charge in [0.25, 0.3) is 0 Å². The molecular formula is C24H30F3N5S. The third kappa shape index (κ3) is 5.65. The van der Waals surface area contributed by atoms with Crippen molar-refractivity contribution in [3.63, 3.8) is 0 Å². The van der Waals surface area contributed by atoms with Gasteiger partial charge in [-0.2, -0.15) is 13.2 Å². The third-order valence-electron chi connectivity index (χ3n) is 6.16. The molecule has 1 saturated heterocycles. The Morgan fingerprint density at radius 2 is 2.09 bits per heavy atom. The Balaban J connectivity index is 1.59. The summed E-state index contributed by atoms with van der Waals surface area (Å²) < 4.78 is 39.0. The highest BCUT2D eigenvalue weighted by molar-refractivity contribution is 8.00. The molecule has 2 aliphatic heterocycles. The van der Waals surface area contributed by atoms with Gasteiger partial charge in [0.05, 0.1) is 10.9 Å². The predicted molar refractivity (Wildman–Crippen MR) is 128 cm³/mol. The fourth-order valence-electron chi connectivity index (χ4n) is 4.35. The number of piperazine rings is 1. The van der Waals surface area contributed by atoms with Crippen LogP contribution in [0.3, 0.4) is 0 Å². The first kappa shape index (κ1) is 23.9. The topological polar surface area (TPSA) is 56.9 Å². The molecule has 1 aromatic carbocycles. The molecule has 0 radical (unpaired) electrons. The molecule has 4 rings (SSSR count). The van der Waals surface area contributed by atoms with E-state index < -0.39 is 11.9 Å². The van der Waals surface area contributed by atoms with Crippen LogP contribution in [-0.2, 0) is 0 Å². The normalized spacial score (nSPS) is 23.2. The van der Waals surface area contributed by atoms with Crippen LogP contribution in [0.4, 0.5) is 13.2 Å². The molecule has 0 saturated carbocycles. The average Bonchev–Trinajstić information content (AvgIpc) is 2.97. The zero-order chi connectivity index (χ0) is 23.4. The lowest BCUT2D eigenvalue weighted by Crippen LogP contribution is -2.58. The minimum atomic E-state index is -4.45. The Kier molecular flexibility index (Phi) is 7.51. The van der Waals surface area contributed by atoms with Gasteiger partial charge in [0, 0.05) is 42.7 Å². The first-order chi connectivity index (χ1) is 15.9. The molecular weight excluding hydrogens is 447 g/mol. The molecule has 1 fully saturated rings. The van der Waals surface area contributed by atoms with Crippen molar-refractivity contribution in [2.75, 3.05) is 39.3 Å². The van der Waals surface area contributed by atoms with Crippen molar-refractivity contribution in [3.8, 4) is 0 Å². The van der Waals surface area contributed by atoms with E-state index in [0.29, 0.717) is 13.1 Å². The van der Waals surface area contributed by atoms with Crippen LogP contribution >= 0.6 is 11.8 Å². The molecule has 1 aliphatic carbocycles. The first-order valence-corrected chi connectivity index (χ1v) is 12.2. The molecule has 0 bridgehead atoms. The van der Waals surface area contributed by atoms with E-state index in [0.717, 1.165) is 49.6 Å². The lowest BCUT2D eigenvalue weighted by molar-refractivity contribution is -0.0968. The number of allylic oxidation sites excluding steroid dienone is 4. The number of alkyl halides is 3. The fraction of sp³-hybridized carbons (Fsp3) is 0.458. The number of nitrogens with one attached hydrogen (secondary N) is 1. The van der Waals surface area contributed by atoms with Crippen LogP contribution in [0.2, 0.25) is 0 Å². The second-order valence-corrected chi connectivity index (χ2v) is 9.67. The zero-order valence-corrected chi connectivity index (χ0v) is 19.3. The van der Waals surface area contributed by atoms with Gasteiger partial charge < -0.3 is 16.0 Å². The van der Waals surface area contributed by atoms with E-state index in [-0.39, 0.29) is 17.8 Å². The minimum absolute atomic E-state index is 0.119. The second-order valence-electron chi connectivity index (χ2n) is 8.43. The smallest absolute Gasteiger partial charge is 0.380 e. The van der Waals surface area contributed by atoms with Gasteiger partial charge in [0.2, 0.25) is 0 Å². The predicted octanol–water partition coefficient (Wildman–Crippen LogP) is 3.75. The number of aliphatic imine (C=N–C) groups is 1. The molecule has 3 aliphatic rings. The second kappa shape index (κ2) is 10.4. The van der Waals surface area contributed by atoms with Crippen LogP contribution in [0, 0.1) is 0 Å². The maximum absolute atomic E-state index is 13.0. The Labute approximate surface area is 197 Å². The van der Waals surface area contributed by atoms with Crippen LogP contribution in [0.25, 0.3) is 0 Å². The first-order valence-electron chi connectivity index (χ1n) is 11.3. The summed E-state index contributed by atoms with van der Waals surface area (Å²) in [5.41, 5.74) is 6.91. The summed E-state index contributed by atoms with van der Waals surface area (Å²) in [6.07, 6.45) is 3.56. The van der Waals surface area contributed by atoms with E-state index in [4.69, 9.17) is 10.7 Å². The summed E-state index contributed by atoms with van der Waals surface area (Å²) in [6, 6.07) is 8.15. The van der Waals surface area contributed by atoms with E-state index >= 15 is 0 Å². The Morgan fingerprint density at radius 1 is 1.27 bits per heavy atom. The van der Waals surface area contributed by atoms with Crippen molar-refractivity contribution in [1.29, 1.82) is 0 Å². The number of hydrogen-bond acceptors (Lipinski definition) is 6. The summed E-state index contributed by atoms with van der Waals surface area (Å²) in [6.45, 7) is 6.71. The number of halogens is 3. The van der Waals surface area contributed by atoms with Crippen LogP contribution in [0.5, 0.6) is 0 Å². The van der Waals surface area contributed by atoms with E-state index in [2.05, 4.69) is 46.0 Å². The number of nitrogens with two attached hydrogens (primary N) is 1. The van der Waals surface area contributed by atoms with E-state index in [1.165, 1.54) is 4.90 Å². The van der Waals surface area contributed by atoms with Crippen LogP contribution in [0.15, 0.2) is 70.4 Å². The highest BCUT2D eigenvalue weighted by Gasteiger charge is 2.35. The quantitative estimate of drug-likeness (QED) is 0.654. The molecule has 0 amide bonds. The van der Waals surface area contributed by atoms with Crippen LogP contribution < -0.4 is 11.1 Å². The molecule has 2 heterocycles. The van der Waals surface area contributed by atoms with E-state index in [1.807, 2.05) is 30.0 Å². The lowest BCUT2D eigenvalue weighted by atomic mass is 10.1. The largest absolute Gasteiger partial charge is 0.430 e. The van der Waals surface area contributed by atoms with Crippen LogP contribution in [0.1, 0.15) is 18.4 Å². The van der Waals surface area contributed by atoms with Crippen LogP contribution in [-0.4, -0.2) is 72.4 Å². The number of amidine groups is 1. The van der Waals surface area contributed by atoms with Crippen molar-refractivity contribution in [2.24, 2.45) is 10.7 Å². The Hall–Kier alpha value is -2.23. The summed E-state index contributed by atoms with van der Waals surface area (Å²) in [7, 11) is 0. The van der Waals surface area contributed by atoms with Gasteiger partial charge in [-0.05, 0) is 38.1 Å². The monoisotopic (exact) mass is 477 g/mol. The van der Waals surface area contributed by atoms with Gasteiger partial charge in [-0.1, -0.05) is 36.9 Å². The summed E-state index contributed by atoms with van der Waals surface area (Å²) in [4.78, 5) is 10.7. The molecule has 0 spiro atoms. The average molecular weight is 478 g/mol. The summed E-state index contributed by atoms with van der Waals surface area (Å²) in [5.74, 6) is 0.903. The minimum Gasteiger partial charge on any atom is -0.380 e. The van der Waals surface area contributed by atoms with Crippen molar-refractivity contribution >= 4 is 17.6 Å². The highest BCUT2D eigenvalue weighted by atomic mass is 32.2. The van der Waals surface area contributed by atoms with E-state index in [9.17, 15) is 13.2 Å². The Morgan fingerprint density at radius 3 is 2.88 bits per heavy atom. The Bertz CT molecular complexity index is 956. The van der Waals surface area contributed by atoms with Gasteiger partial charge in [-0.3, -0.25) is 4.90 Å².